The van der Waals surface area contributed by atoms with Gasteiger partial charge < -0.3 is 5.32 Å². The predicted molar refractivity (Wildman–Crippen MR) is 53.3 cm³/mol. The summed E-state index contributed by atoms with van der Waals surface area (Å²) in [6.45, 7) is 0. The van der Waals surface area contributed by atoms with E-state index in [1.807, 2.05) is 6.07 Å². The van der Waals surface area contributed by atoms with E-state index in [1.54, 1.807) is 24.3 Å². The van der Waals surface area contributed by atoms with Gasteiger partial charge in [0.2, 0.25) is 0 Å². The van der Waals surface area contributed by atoms with Crippen molar-refractivity contribution in [2.75, 3.05) is 5.32 Å². The second-order valence-corrected chi connectivity index (χ2v) is 2.88. The van der Waals surface area contributed by atoms with Crippen molar-refractivity contribution in [3.05, 3.63) is 35.7 Å². The third-order valence-electron chi connectivity index (χ3n) is 1.80. The lowest BCUT2D eigenvalue weighted by Gasteiger charge is -2.01. The van der Waals surface area contributed by atoms with Crippen LogP contribution in [0, 0.1) is 11.3 Å². The second-order valence-electron chi connectivity index (χ2n) is 2.88. The zero-order valence-electron chi connectivity index (χ0n) is 8.01. The summed E-state index contributed by atoms with van der Waals surface area (Å²) in [4.78, 5) is 11.5. The molecule has 0 saturated carbocycles. The molecule has 0 radical (unpaired) electrons. The average Bonchev–Trinajstić information content (AvgIpc) is 2.83. The molecule has 7 heteroatoms. The summed E-state index contributed by atoms with van der Waals surface area (Å²) < 4.78 is 0. The predicted octanol–water partition coefficient (Wildman–Crippen LogP) is 0.324. The smallest absolute Gasteiger partial charge is 0.297 e. The number of carbonyl (C=O) groups excluding carboxylic acids is 1. The Labute approximate surface area is 90.1 Å². The number of aromatic amines is 1. The molecular weight excluding hydrogens is 208 g/mol. The van der Waals surface area contributed by atoms with Crippen LogP contribution in [-0.2, 0) is 0 Å². The van der Waals surface area contributed by atoms with Crippen LogP contribution >= 0.6 is 0 Å². The summed E-state index contributed by atoms with van der Waals surface area (Å²) in [5, 5.41) is 23.7. The third-order valence-corrected chi connectivity index (χ3v) is 1.80. The van der Waals surface area contributed by atoms with E-state index >= 15 is 0 Å². The van der Waals surface area contributed by atoms with Crippen molar-refractivity contribution in [1.82, 2.24) is 20.6 Å². The van der Waals surface area contributed by atoms with Crippen LogP contribution < -0.4 is 5.32 Å². The number of nitrogens with zero attached hydrogens (tertiary/aromatic N) is 4. The molecule has 0 fully saturated rings. The van der Waals surface area contributed by atoms with Crippen molar-refractivity contribution in [2.24, 2.45) is 0 Å². The minimum atomic E-state index is -0.483. The molecule has 0 aliphatic rings. The largest absolute Gasteiger partial charge is 0.319 e. The molecule has 2 aromatic rings. The lowest BCUT2D eigenvalue weighted by molar-refractivity contribution is 0.101. The van der Waals surface area contributed by atoms with Gasteiger partial charge in [0, 0.05) is 5.69 Å². The van der Waals surface area contributed by atoms with E-state index in [4.69, 9.17) is 5.26 Å². The zero-order valence-corrected chi connectivity index (χ0v) is 8.01. The van der Waals surface area contributed by atoms with E-state index in [9.17, 15) is 4.79 Å². The third kappa shape index (κ3) is 2.01. The number of tetrazole rings is 1. The van der Waals surface area contributed by atoms with Crippen LogP contribution in [-0.4, -0.2) is 26.5 Å². The molecule has 1 amide bonds. The van der Waals surface area contributed by atoms with Crippen molar-refractivity contribution in [1.29, 1.82) is 5.26 Å². The Bertz CT molecular complexity index is 541. The molecule has 0 spiro atoms. The second kappa shape index (κ2) is 4.18. The van der Waals surface area contributed by atoms with Gasteiger partial charge in [-0.05, 0) is 23.4 Å². The molecule has 7 nitrogen and oxygen atoms in total. The molecule has 0 aliphatic heterocycles. The summed E-state index contributed by atoms with van der Waals surface area (Å²) in [6, 6.07) is 8.51. The summed E-state index contributed by atoms with van der Waals surface area (Å²) in [6.07, 6.45) is 0. The Morgan fingerprint density at radius 2 is 2.38 bits per heavy atom. The van der Waals surface area contributed by atoms with Crippen molar-refractivity contribution >= 4 is 11.6 Å². The number of H-pyrrole nitrogens is 1. The molecule has 0 atom stereocenters. The Morgan fingerprint density at radius 1 is 1.50 bits per heavy atom. The normalized spacial score (nSPS) is 9.44. The topological polar surface area (TPSA) is 107 Å². The van der Waals surface area contributed by atoms with E-state index in [1.165, 1.54) is 0 Å². The van der Waals surface area contributed by atoms with E-state index < -0.39 is 5.91 Å². The van der Waals surface area contributed by atoms with Gasteiger partial charge in [0.25, 0.3) is 11.7 Å². The Morgan fingerprint density at radius 3 is 3.06 bits per heavy atom. The molecular formula is C9H6N6O. The monoisotopic (exact) mass is 214 g/mol. The highest BCUT2D eigenvalue weighted by Gasteiger charge is 2.10. The van der Waals surface area contributed by atoms with Gasteiger partial charge in [0.15, 0.2) is 0 Å². The van der Waals surface area contributed by atoms with Crippen molar-refractivity contribution in [3.63, 3.8) is 0 Å². The standard InChI is InChI=1S/C9H6N6O/c10-5-6-2-1-3-7(4-6)11-9(16)8-12-14-15-13-8/h1-4H,(H,11,16)(H,12,13,14,15). The summed E-state index contributed by atoms with van der Waals surface area (Å²) >= 11 is 0. The summed E-state index contributed by atoms with van der Waals surface area (Å²) in [5.74, 6) is -0.536. The Kier molecular flexibility index (Phi) is 2.56. The van der Waals surface area contributed by atoms with E-state index in [0.29, 0.717) is 11.3 Å². The van der Waals surface area contributed by atoms with Gasteiger partial charge in [-0.15, -0.1) is 10.2 Å². The van der Waals surface area contributed by atoms with Gasteiger partial charge in [-0.25, -0.2) is 0 Å². The maximum atomic E-state index is 11.5. The highest BCUT2D eigenvalue weighted by molar-refractivity contribution is 6.01. The fourth-order valence-electron chi connectivity index (χ4n) is 1.11. The van der Waals surface area contributed by atoms with Crippen LogP contribution in [0.15, 0.2) is 24.3 Å². The number of rotatable bonds is 2. The van der Waals surface area contributed by atoms with Gasteiger partial charge in [0.1, 0.15) is 0 Å². The maximum Gasteiger partial charge on any atom is 0.297 e. The number of anilines is 1. The molecule has 1 aromatic heterocycles. The number of amides is 1. The van der Waals surface area contributed by atoms with Crippen LogP contribution in [0.2, 0.25) is 0 Å². The van der Waals surface area contributed by atoms with Gasteiger partial charge in [0.05, 0.1) is 11.6 Å². The molecule has 16 heavy (non-hydrogen) atoms. The molecule has 2 rings (SSSR count). The summed E-state index contributed by atoms with van der Waals surface area (Å²) in [5.41, 5.74) is 0.972. The van der Waals surface area contributed by atoms with Crippen molar-refractivity contribution in [3.8, 4) is 6.07 Å². The fraction of sp³-hybridized carbons (Fsp3) is 0. The lowest BCUT2D eigenvalue weighted by Crippen LogP contribution is -2.13. The Hall–Kier alpha value is -2.75. The first-order chi connectivity index (χ1) is 7.79. The number of aromatic nitrogens is 4. The number of hydrogen-bond acceptors (Lipinski definition) is 5. The van der Waals surface area contributed by atoms with E-state index in [2.05, 4.69) is 25.9 Å². The fourth-order valence-corrected chi connectivity index (χ4v) is 1.11. The summed E-state index contributed by atoms with van der Waals surface area (Å²) in [7, 11) is 0. The van der Waals surface area contributed by atoms with Gasteiger partial charge >= 0.3 is 0 Å². The SMILES string of the molecule is N#Cc1cccc(NC(=O)c2nn[nH]n2)c1. The molecule has 2 N–H and O–H groups in total. The molecule has 1 aromatic carbocycles. The quantitative estimate of drug-likeness (QED) is 0.748. The first-order valence-electron chi connectivity index (χ1n) is 4.34. The average molecular weight is 214 g/mol. The number of hydrogen-bond donors (Lipinski definition) is 2. The lowest BCUT2D eigenvalue weighted by atomic mass is 10.2. The first kappa shape index (κ1) is 9.79. The Balaban J connectivity index is 2.16. The highest BCUT2D eigenvalue weighted by Crippen LogP contribution is 2.10. The van der Waals surface area contributed by atoms with Gasteiger partial charge in [-0.2, -0.15) is 10.5 Å². The van der Waals surface area contributed by atoms with Gasteiger partial charge in [-0.1, -0.05) is 6.07 Å². The zero-order chi connectivity index (χ0) is 11.4. The first-order valence-corrected chi connectivity index (χ1v) is 4.34. The van der Waals surface area contributed by atoms with Crippen LogP contribution in [0.1, 0.15) is 16.2 Å². The van der Waals surface area contributed by atoms with Gasteiger partial charge in [-0.3, -0.25) is 4.79 Å². The number of nitrogens with one attached hydrogen (secondary N) is 2. The minimum absolute atomic E-state index is 0.0534. The molecule has 0 saturated heterocycles. The van der Waals surface area contributed by atoms with Crippen LogP contribution in [0.25, 0.3) is 0 Å². The van der Waals surface area contributed by atoms with Crippen molar-refractivity contribution < 1.29 is 4.79 Å². The molecule has 0 aliphatic carbocycles. The minimum Gasteiger partial charge on any atom is -0.319 e. The number of benzene rings is 1. The number of nitriles is 1. The van der Waals surface area contributed by atoms with Crippen LogP contribution in [0.3, 0.4) is 0 Å². The van der Waals surface area contributed by atoms with E-state index in [-0.39, 0.29) is 5.82 Å². The molecule has 1 heterocycles. The molecule has 0 unspecified atom stereocenters. The highest BCUT2D eigenvalue weighted by atomic mass is 16.2. The van der Waals surface area contributed by atoms with Crippen LogP contribution in [0.4, 0.5) is 5.69 Å². The number of carbonyl (C=O) groups is 1. The van der Waals surface area contributed by atoms with Crippen LogP contribution in [0.5, 0.6) is 0 Å². The van der Waals surface area contributed by atoms with E-state index in [0.717, 1.165) is 0 Å². The molecule has 0 bridgehead atoms. The maximum absolute atomic E-state index is 11.5. The van der Waals surface area contributed by atoms with Crippen molar-refractivity contribution in [2.45, 2.75) is 0 Å². The molecule has 78 valence electrons.